The fourth-order valence-electron chi connectivity index (χ4n) is 2.58. The zero-order valence-electron chi connectivity index (χ0n) is 12.2. The van der Waals surface area contributed by atoms with Gasteiger partial charge in [0.15, 0.2) is 0 Å². The van der Waals surface area contributed by atoms with Gasteiger partial charge in [-0.05, 0) is 45.6 Å². The van der Waals surface area contributed by atoms with E-state index < -0.39 is 0 Å². The van der Waals surface area contributed by atoms with Crippen LogP contribution >= 0.6 is 0 Å². The first kappa shape index (κ1) is 15.0. The number of rotatable bonds is 7. The lowest BCUT2D eigenvalue weighted by atomic mass is 9.84. The fourth-order valence-corrected chi connectivity index (χ4v) is 2.58. The SMILES string of the molecule is CCNC(COC(C)(C)CC)C1CCCCC1. The van der Waals surface area contributed by atoms with Crippen LogP contribution in [0, 0.1) is 5.92 Å². The Hall–Kier alpha value is -0.0800. The molecule has 0 aromatic rings. The summed E-state index contributed by atoms with van der Waals surface area (Å²) in [5.41, 5.74) is 0.0301. The third-order valence-corrected chi connectivity index (χ3v) is 4.19. The van der Waals surface area contributed by atoms with E-state index >= 15 is 0 Å². The Morgan fingerprint density at radius 2 is 1.82 bits per heavy atom. The predicted molar refractivity (Wildman–Crippen MR) is 74.4 cm³/mol. The van der Waals surface area contributed by atoms with Gasteiger partial charge in [0.2, 0.25) is 0 Å². The van der Waals surface area contributed by atoms with Crippen LogP contribution < -0.4 is 5.32 Å². The first-order valence-corrected chi connectivity index (χ1v) is 7.46. The molecule has 0 aromatic carbocycles. The van der Waals surface area contributed by atoms with Crippen molar-refractivity contribution in [1.82, 2.24) is 5.32 Å². The Morgan fingerprint density at radius 3 is 2.35 bits per heavy atom. The molecule has 0 aromatic heterocycles. The molecule has 2 heteroatoms. The van der Waals surface area contributed by atoms with E-state index in [1.54, 1.807) is 0 Å². The topological polar surface area (TPSA) is 21.3 Å². The number of nitrogens with one attached hydrogen (secondary N) is 1. The first-order chi connectivity index (χ1) is 8.09. The van der Waals surface area contributed by atoms with Crippen LogP contribution in [0.1, 0.15) is 66.2 Å². The molecular weight excluding hydrogens is 210 g/mol. The summed E-state index contributed by atoms with van der Waals surface area (Å²) in [5.74, 6) is 0.830. The zero-order chi connectivity index (χ0) is 12.7. The minimum atomic E-state index is 0.0301. The van der Waals surface area contributed by atoms with Gasteiger partial charge < -0.3 is 10.1 Å². The minimum Gasteiger partial charge on any atom is -0.374 e. The smallest absolute Gasteiger partial charge is 0.0629 e. The average molecular weight is 241 g/mol. The van der Waals surface area contributed by atoms with Gasteiger partial charge in [-0.2, -0.15) is 0 Å². The van der Waals surface area contributed by atoms with Crippen LogP contribution in [0.25, 0.3) is 0 Å². The van der Waals surface area contributed by atoms with Crippen LogP contribution in [-0.4, -0.2) is 24.8 Å². The van der Waals surface area contributed by atoms with Crippen molar-refractivity contribution in [2.45, 2.75) is 77.9 Å². The summed E-state index contributed by atoms with van der Waals surface area (Å²) in [5, 5.41) is 3.62. The number of hydrogen-bond donors (Lipinski definition) is 1. The first-order valence-electron chi connectivity index (χ1n) is 7.46. The van der Waals surface area contributed by atoms with Gasteiger partial charge in [-0.3, -0.25) is 0 Å². The second kappa shape index (κ2) is 7.38. The van der Waals surface area contributed by atoms with Crippen molar-refractivity contribution in [2.75, 3.05) is 13.2 Å². The Balaban J connectivity index is 2.41. The van der Waals surface area contributed by atoms with Crippen LogP contribution in [0.15, 0.2) is 0 Å². The monoisotopic (exact) mass is 241 g/mol. The maximum Gasteiger partial charge on any atom is 0.0629 e. The second-order valence-corrected chi connectivity index (χ2v) is 5.99. The fraction of sp³-hybridized carbons (Fsp3) is 1.00. The van der Waals surface area contributed by atoms with Gasteiger partial charge in [0.1, 0.15) is 0 Å². The van der Waals surface area contributed by atoms with E-state index in [0.29, 0.717) is 6.04 Å². The summed E-state index contributed by atoms with van der Waals surface area (Å²) in [6.45, 7) is 10.7. The maximum atomic E-state index is 6.08. The lowest BCUT2D eigenvalue weighted by Gasteiger charge is -2.33. The molecule has 1 atom stereocenters. The number of hydrogen-bond acceptors (Lipinski definition) is 2. The van der Waals surface area contributed by atoms with E-state index in [9.17, 15) is 0 Å². The van der Waals surface area contributed by atoms with E-state index in [-0.39, 0.29) is 5.60 Å². The lowest BCUT2D eigenvalue weighted by molar-refractivity contribution is -0.0391. The van der Waals surface area contributed by atoms with Gasteiger partial charge in [0, 0.05) is 6.04 Å². The maximum absolute atomic E-state index is 6.08. The van der Waals surface area contributed by atoms with Crippen molar-refractivity contribution < 1.29 is 4.74 Å². The largest absolute Gasteiger partial charge is 0.374 e. The third-order valence-electron chi connectivity index (χ3n) is 4.19. The highest BCUT2D eigenvalue weighted by molar-refractivity contribution is 4.80. The molecule has 0 amide bonds. The standard InChI is InChI=1S/C15H31NO/c1-5-15(3,4)17-12-14(16-6-2)13-10-8-7-9-11-13/h13-14,16H,5-12H2,1-4H3. The molecule has 0 spiro atoms. The van der Waals surface area contributed by atoms with Crippen molar-refractivity contribution in [2.24, 2.45) is 5.92 Å². The van der Waals surface area contributed by atoms with E-state index in [4.69, 9.17) is 4.74 Å². The van der Waals surface area contributed by atoms with Crippen LogP contribution in [-0.2, 0) is 4.74 Å². The van der Waals surface area contributed by atoms with Crippen LogP contribution in [0.3, 0.4) is 0 Å². The van der Waals surface area contributed by atoms with Crippen LogP contribution in [0.2, 0.25) is 0 Å². The molecule has 0 heterocycles. The molecule has 0 aliphatic heterocycles. The molecular formula is C15H31NO. The molecule has 2 nitrogen and oxygen atoms in total. The van der Waals surface area contributed by atoms with E-state index in [1.165, 1.54) is 32.1 Å². The van der Waals surface area contributed by atoms with Crippen LogP contribution in [0.5, 0.6) is 0 Å². The lowest BCUT2D eigenvalue weighted by Crippen LogP contribution is -2.43. The molecule has 102 valence electrons. The highest BCUT2D eigenvalue weighted by atomic mass is 16.5. The Morgan fingerprint density at radius 1 is 1.18 bits per heavy atom. The van der Waals surface area contributed by atoms with Crippen molar-refractivity contribution in [3.63, 3.8) is 0 Å². The van der Waals surface area contributed by atoms with Crippen molar-refractivity contribution in [1.29, 1.82) is 0 Å². The minimum absolute atomic E-state index is 0.0301. The summed E-state index contributed by atoms with van der Waals surface area (Å²) in [6, 6.07) is 0.561. The van der Waals surface area contributed by atoms with Gasteiger partial charge in [0.25, 0.3) is 0 Å². The molecule has 0 radical (unpaired) electrons. The molecule has 1 rings (SSSR count). The van der Waals surface area contributed by atoms with Gasteiger partial charge in [-0.1, -0.05) is 33.1 Å². The van der Waals surface area contributed by atoms with Gasteiger partial charge in [0.05, 0.1) is 12.2 Å². The molecule has 1 aliphatic rings. The molecule has 1 unspecified atom stereocenters. The average Bonchev–Trinajstić information content (AvgIpc) is 2.35. The molecule has 17 heavy (non-hydrogen) atoms. The molecule has 1 N–H and O–H groups in total. The van der Waals surface area contributed by atoms with Gasteiger partial charge >= 0.3 is 0 Å². The third kappa shape index (κ3) is 5.39. The Labute approximate surface area is 108 Å². The summed E-state index contributed by atoms with van der Waals surface area (Å²) in [7, 11) is 0. The van der Waals surface area contributed by atoms with E-state index in [0.717, 1.165) is 25.5 Å². The number of ether oxygens (including phenoxy) is 1. The highest BCUT2D eigenvalue weighted by Gasteiger charge is 2.25. The van der Waals surface area contributed by atoms with Gasteiger partial charge in [-0.15, -0.1) is 0 Å². The summed E-state index contributed by atoms with van der Waals surface area (Å²) in [6.07, 6.45) is 8.09. The molecule has 0 bridgehead atoms. The molecule has 1 saturated carbocycles. The molecule has 1 aliphatic carbocycles. The quantitative estimate of drug-likeness (QED) is 0.733. The Bertz CT molecular complexity index is 197. The second-order valence-electron chi connectivity index (χ2n) is 5.99. The summed E-state index contributed by atoms with van der Waals surface area (Å²) in [4.78, 5) is 0. The van der Waals surface area contributed by atoms with Gasteiger partial charge in [-0.25, -0.2) is 0 Å². The van der Waals surface area contributed by atoms with Crippen molar-refractivity contribution in [3.05, 3.63) is 0 Å². The predicted octanol–water partition coefficient (Wildman–Crippen LogP) is 3.75. The van der Waals surface area contributed by atoms with Crippen LogP contribution in [0.4, 0.5) is 0 Å². The Kier molecular flexibility index (Phi) is 6.50. The summed E-state index contributed by atoms with van der Waals surface area (Å²) < 4.78 is 6.08. The molecule has 0 saturated heterocycles. The van der Waals surface area contributed by atoms with Crippen molar-refractivity contribution >= 4 is 0 Å². The normalized spacial score (nSPS) is 20.5. The highest BCUT2D eigenvalue weighted by Crippen LogP contribution is 2.27. The zero-order valence-corrected chi connectivity index (χ0v) is 12.2. The van der Waals surface area contributed by atoms with E-state index in [2.05, 4.69) is 33.0 Å². The van der Waals surface area contributed by atoms with Crippen molar-refractivity contribution in [3.8, 4) is 0 Å². The number of likely N-dealkylation sites (N-methyl/N-ethyl adjacent to an activating group) is 1. The molecule has 1 fully saturated rings. The summed E-state index contributed by atoms with van der Waals surface area (Å²) >= 11 is 0. The van der Waals surface area contributed by atoms with E-state index in [1.807, 2.05) is 0 Å².